The third kappa shape index (κ3) is 4.36. The number of pyridine rings is 1. The minimum atomic E-state index is -0.416. The molecule has 54 heavy (non-hydrogen) atoms. The third-order valence-electron chi connectivity index (χ3n) is 11.8. The molecule has 0 saturated carbocycles. The van der Waals surface area contributed by atoms with Gasteiger partial charge in [-0.15, -0.1) is 0 Å². The van der Waals surface area contributed by atoms with Gasteiger partial charge in [0.05, 0.1) is 11.1 Å². The van der Waals surface area contributed by atoms with Crippen molar-refractivity contribution in [1.29, 1.82) is 0 Å². The van der Waals surface area contributed by atoms with Gasteiger partial charge in [-0.1, -0.05) is 152 Å². The highest BCUT2D eigenvalue weighted by Gasteiger charge is 2.51. The molecule has 0 radical (unpaired) electrons. The molecular weight excluding hydrogens is 655 g/mol. The zero-order chi connectivity index (χ0) is 35.8. The quantitative estimate of drug-likeness (QED) is 0.184. The number of aliphatic imine (C=N–C) groups is 1. The summed E-state index contributed by atoms with van der Waals surface area (Å²) in [5.41, 5.74) is 17.9. The molecule has 1 aliphatic heterocycles. The van der Waals surface area contributed by atoms with E-state index in [4.69, 9.17) is 4.99 Å². The standard InChI is InChI=1S/C51H35N3/c1-54-49(36-16-10-15-34(29-36)37-17-12-28-52-32-37)31-48(53-50(54)43-22-11-14-33-13-2-3-18-38(33)43)35-26-27-42-41-21-6-9-25-46(41)51(47(42)30-35)44-23-7-4-19-39(44)40-20-5-8-24-45(40)51/h2-32,50H,1H3. The van der Waals surface area contributed by atoms with E-state index in [0.717, 1.165) is 33.7 Å². The van der Waals surface area contributed by atoms with E-state index in [0.29, 0.717) is 0 Å². The smallest absolute Gasteiger partial charge is 0.148 e. The van der Waals surface area contributed by atoms with Gasteiger partial charge in [0.2, 0.25) is 0 Å². The first kappa shape index (κ1) is 30.8. The maximum Gasteiger partial charge on any atom is 0.148 e. The van der Waals surface area contributed by atoms with Crippen LogP contribution in [0.1, 0.15) is 45.1 Å². The monoisotopic (exact) mass is 689 g/mol. The van der Waals surface area contributed by atoms with Gasteiger partial charge in [-0.05, 0) is 90.7 Å². The normalized spacial score (nSPS) is 16.0. The van der Waals surface area contributed by atoms with Crippen molar-refractivity contribution in [3.05, 3.63) is 227 Å². The summed E-state index contributed by atoms with van der Waals surface area (Å²) in [5.74, 6) is 0. The van der Waals surface area contributed by atoms with E-state index in [2.05, 4.69) is 187 Å². The fraction of sp³-hybridized carbons (Fsp3) is 0.0588. The minimum Gasteiger partial charge on any atom is -0.349 e. The lowest BCUT2D eigenvalue weighted by atomic mass is 9.70. The van der Waals surface area contributed by atoms with Crippen molar-refractivity contribution in [1.82, 2.24) is 9.88 Å². The van der Waals surface area contributed by atoms with Gasteiger partial charge in [-0.3, -0.25) is 9.98 Å². The Bertz CT molecular complexity index is 2800. The minimum absolute atomic E-state index is 0.236. The number of rotatable bonds is 4. The molecule has 1 unspecified atom stereocenters. The molecule has 2 heterocycles. The van der Waals surface area contributed by atoms with Gasteiger partial charge in [0, 0.05) is 41.8 Å². The molecule has 7 aromatic carbocycles. The van der Waals surface area contributed by atoms with Crippen LogP contribution in [-0.2, 0) is 5.41 Å². The zero-order valence-corrected chi connectivity index (χ0v) is 29.8. The number of nitrogens with zero attached hydrogens (tertiary/aromatic N) is 3. The second-order valence-corrected chi connectivity index (χ2v) is 14.6. The highest BCUT2D eigenvalue weighted by atomic mass is 15.2. The van der Waals surface area contributed by atoms with Crippen LogP contribution >= 0.6 is 0 Å². The van der Waals surface area contributed by atoms with Gasteiger partial charge in [-0.2, -0.15) is 0 Å². The predicted molar refractivity (Wildman–Crippen MR) is 221 cm³/mol. The maximum absolute atomic E-state index is 5.64. The number of hydrogen-bond acceptors (Lipinski definition) is 3. The first-order chi connectivity index (χ1) is 26.7. The van der Waals surface area contributed by atoms with Crippen molar-refractivity contribution in [2.45, 2.75) is 11.6 Å². The van der Waals surface area contributed by atoms with Crippen molar-refractivity contribution in [3.63, 3.8) is 0 Å². The average molecular weight is 690 g/mol. The van der Waals surface area contributed by atoms with Crippen LogP contribution in [0.4, 0.5) is 0 Å². The van der Waals surface area contributed by atoms with E-state index in [9.17, 15) is 0 Å². The predicted octanol–water partition coefficient (Wildman–Crippen LogP) is 11.7. The Kier molecular flexibility index (Phi) is 6.74. The molecule has 254 valence electrons. The molecule has 3 aliphatic rings. The molecule has 3 heteroatoms. The highest BCUT2D eigenvalue weighted by molar-refractivity contribution is 6.14. The summed E-state index contributed by atoms with van der Waals surface area (Å²) in [6.45, 7) is 0. The number of hydrogen-bond donors (Lipinski definition) is 0. The largest absolute Gasteiger partial charge is 0.349 e. The average Bonchev–Trinajstić information content (AvgIpc) is 3.71. The van der Waals surface area contributed by atoms with Crippen LogP contribution in [0, 0.1) is 0 Å². The van der Waals surface area contributed by atoms with Crippen molar-refractivity contribution in [2.75, 3.05) is 7.05 Å². The van der Waals surface area contributed by atoms with Crippen molar-refractivity contribution < 1.29 is 0 Å². The van der Waals surface area contributed by atoms with Crippen LogP contribution in [0.3, 0.4) is 0 Å². The van der Waals surface area contributed by atoms with Gasteiger partial charge >= 0.3 is 0 Å². The maximum atomic E-state index is 5.64. The summed E-state index contributed by atoms with van der Waals surface area (Å²) in [4.78, 5) is 12.4. The second kappa shape index (κ2) is 11.8. The SMILES string of the molecule is CN1C(c2cccc(-c3cccnc3)c2)=CC(c2ccc3c(c2)C2(c4ccccc4-c4ccccc42)c2ccccc2-3)=NC1c1cccc2ccccc12. The van der Waals surface area contributed by atoms with Crippen LogP contribution in [0.2, 0.25) is 0 Å². The molecule has 1 atom stereocenters. The molecule has 1 aromatic heterocycles. The fourth-order valence-corrected chi connectivity index (χ4v) is 9.46. The topological polar surface area (TPSA) is 28.5 Å². The van der Waals surface area contributed by atoms with Crippen molar-refractivity contribution >= 4 is 22.2 Å². The Morgan fingerprint density at radius 3 is 1.83 bits per heavy atom. The van der Waals surface area contributed by atoms with E-state index in [-0.39, 0.29) is 6.17 Å². The van der Waals surface area contributed by atoms with Crippen molar-refractivity contribution in [3.8, 4) is 33.4 Å². The van der Waals surface area contributed by atoms with Gasteiger partial charge in [0.15, 0.2) is 0 Å². The van der Waals surface area contributed by atoms with Crippen LogP contribution in [-0.4, -0.2) is 22.6 Å². The van der Waals surface area contributed by atoms with Gasteiger partial charge in [-0.25, -0.2) is 0 Å². The lowest BCUT2D eigenvalue weighted by molar-refractivity contribution is 0.366. The molecule has 2 aliphatic carbocycles. The molecule has 0 amide bonds. The van der Waals surface area contributed by atoms with E-state index >= 15 is 0 Å². The Morgan fingerprint density at radius 1 is 0.500 bits per heavy atom. The van der Waals surface area contributed by atoms with E-state index in [1.807, 2.05) is 18.5 Å². The van der Waals surface area contributed by atoms with Gasteiger partial charge < -0.3 is 4.90 Å². The Morgan fingerprint density at radius 2 is 1.11 bits per heavy atom. The fourth-order valence-electron chi connectivity index (χ4n) is 9.46. The van der Waals surface area contributed by atoms with E-state index in [1.165, 1.54) is 60.8 Å². The Balaban J connectivity index is 1.14. The molecule has 0 fully saturated rings. The summed E-state index contributed by atoms with van der Waals surface area (Å²) in [7, 11) is 2.18. The second-order valence-electron chi connectivity index (χ2n) is 14.6. The number of benzene rings is 7. The van der Waals surface area contributed by atoms with E-state index < -0.39 is 5.41 Å². The molecule has 3 nitrogen and oxygen atoms in total. The molecule has 0 N–H and O–H groups in total. The van der Waals surface area contributed by atoms with E-state index in [1.54, 1.807) is 0 Å². The lowest BCUT2D eigenvalue weighted by Gasteiger charge is -2.35. The number of allylic oxidation sites excluding steroid dienone is 1. The number of fused-ring (bicyclic) bond motifs is 11. The van der Waals surface area contributed by atoms with Crippen LogP contribution in [0.15, 0.2) is 193 Å². The van der Waals surface area contributed by atoms with Crippen molar-refractivity contribution in [2.24, 2.45) is 4.99 Å². The zero-order valence-electron chi connectivity index (χ0n) is 29.8. The van der Waals surface area contributed by atoms with Crippen LogP contribution in [0.25, 0.3) is 49.9 Å². The summed E-state index contributed by atoms with van der Waals surface area (Å²) in [6.07, 6.45) is 5.81. The van der Waals surface area contributed by atoms with Crippen LogP contribution in [0.5, 0.6) is 0 Å². The first-order valence-electron chi connectivity index (χ1n) is 18.7. The number of aromatic nitrogens is 1. The molecule has 0 saturated heterocycles. The Hall–Kier alpha value is -6.84. The summed E-state index contributed by atoms with van der Waals surface area (Å²) in [6, 6.07) is 62.2. The molecule has 0 bridgehead atoms. The Labute approximate surface area is 315 Å². The first-order valence-corrected chi connectivity index (χ1v) is 18.7. The lowest BCUT2D eigenvalue weighted by Crippen LogP contribution is -2.28. The molecule has 11 rings (SSSR count). The van der Waals surface area contributed by atoms with Gasteiger partial charge in [0.1, 0.15) is 6.17 Å². The van der Waals surface area contributed by atoms with Crippen LogP contribution < -0.4 is 0 Å². The third-order valence-corrected chi connectivity index (χ3v) is 11.8. The summed E-state index contributed by atoms with van der Waals surface area (Å²) < 4.78 is 0. The summed E-state index contributed by atoms with van der Waals surface area (Å²) >= 11 is 0. The summed E-state index contributed by atoms with van der Waals surface area (Å²) in [5, 5.41) is 2.43. The highest BCUT2D eigenvalue weighted by Crippen LogP contribution is 2.62. The molecule has 8 aromatic rings. The molecular formula is C51H35N3. The molecule has 1 spiro atoms. The van der Waals surface area contributed by atoms with Gasteiger partial charge in [0.25, 0.3) is 0 Å².